The average Bonchev–Trinajstić information content (AvgIpc) is 3.51. The minimum absolute atomic E-state index is 0.0517. The summed E-state index contributed by atoms with van der Waals surface area (Å²) >= 11 is 0. The lowest BCUT2D eigenvalue weighted by atomic mass is 9.88. The van der Waals surface area contributed by atoms with Crippen LogP contribution in [0, 0.1) is 11.8 Å². The number of amides is 3. The van der Waals surface area contributed by atoms with Gasteiger partial charge in [0.2, 0.25) is 5.91 Å². The molecule has 35 heavy (non-hydrogen) atoms. The number of rotatable bonds is 9. The fourth-order valence-electron chi connectivity index (χ4n) is 5.52. The van der Waals surface area contributed by atoms with Gasteiger partial charge in [0.15, 0.2) is 0 Å². The highest BCUT2D eigenvalue weighted by Crippen LogP contribution is 2.28. The molecule has 2 aliphatic heterocycles. The number of hydrogen-bond donors (Lipinski definition) is 2. The van der Waals surface area contributed by atoms with E-state index in [9.17, 15) is 9.59 Å². The zero-order chi connectivity index (χ0) is 24.0. The van der Waals surface area contributed by atoms with Crippen LogP contribution in [0.25, 0.3) is 0 Å². The highest BCUT2D eigenvalue weighted by Gasteiger charge is 2.32. The maximum Gasteiger partial charge on any atom is 0.317 e. The van der Waals surface area contributed by atoms with Crippen LogP contribution < -0.4 is 15.4 Å². The van der Waals surface area contributed by atoms with Crippen molar-refractivity contribution in [1.82, 2.24) is 25.4 Å². The smallest absolute Gasteiger partial charge is 0.317 e. The lowest BCUT2D eigenvalue weighted by Gasteiger charge is -2.37. The number of carbonyl (C=O) groups excluding carboxylic acids is 2. The van der Waals surface area contributed by atoms with Crippen molar-refractivity contribution in [3.8, 4) is 5.75 Å². The van der Waals surface area contributed by atoms with Crippen molar-refractivity contribution in [3.05, 3.63) is 59.4 Å². The minimum Gasteiger partial charge on any atom is -0.493 e. The number of hydrogen-bond acceptors (Lipinski definition) is 5. The highest BCUT2D eigenvalue weighted by molar-refractivity contribution is 5.79. The normalized spacial score (nSPS) is 22.1. The Morgan fingerprint density at radius 3 is 2.83 bits per heavy atom. The zero-order valence-electron chi connectivity index (χ0n) is 20.2. The molecule has 2 atom stereocenters. The molecule has 1 aromatic heterocycles. The van der Waals surface area contributed by atoms with Gasteiger partial charge in [0.1, 0.15) is 5.75 Å². The molecular weight excluding hydrogens is 442 g/mol. The fraction of sp³-hybridized carbons (Fsp3) is 0.519. The van der Waals surface area contributed by atoms with E-state index in [1.165, 1.54) is 29.5 Å². The van der Waals surface area contributed by atoms with E-state index in [0.29, 0.717) is 39.3 Å². The first-order valence-electron chi connectivity index (χ1n) is 12.8. The second-order valence-corrected chi connectivity index (χ2v) is 9.95. The largest absolute Gasteiger partial charge is 0.493 e. The van der Waals surface area contributed by atoms with Crippen LogP contribution in [0.2, 0.25) is 0 Å². The maximum atomic E-state index is 13.1. The van der Waals surface area contributed by atoms with Gasteiger partial charge in [-0.15, -0.1) is 0 Å². The van der Waals surface area contributed by atoms with Gasteiger partial charge in [-0.05, 0) is 66.6 Å². The number of fused-ring (bicyclic) bond motifs is 1. The summed E-state index contributed by atoms with van der Waals surface area (Å²) in [5, 5.41) is 5.87. The topological polar surface area (TPSA) is 86.8 Å². The van der Waals surface area contributed by atoms with Crippen molar-refractivity contribution >= 4 is 11.9 Å². The quantitative estimate of drug-likeness (QED) is 0.579. The van der Waals surface area contributed by atoms with E-state index in [-0.39, 0.29) is 23.8 Å². The van der Waals surface area contributed by atoms with Crippen LogP contribution in [0.15, 0.2) is 42.7 Å². The monoisotopic (exact) mass is 477 g/mol. The predicted octanol–water partition coefficient (Wildman–Crippen LogP) is 2.23. The highest BCUT2D eigenvalue weighted by atomic mass is 16.5. The second-order valence-electron chi connectivity index (χ2n) is 9.95. The van der Waals surface area contributed by atoms with Gasteiger partial charge in [-0.25, -0.2) is 4.79 Å². The molecule has 186 valence electrons. The van der Waals surface area contributed by atoms with E-state index in [2.05, 4.69) is 38.7 Å². The summed E-state index contributed by atoms with van der Waals surface area (Å²) in [5.74, 6) is 1.15. The molecule has 0 saturated carbocycles. The number of pyridine rings is 1. The zero-order valence-corrected chi connectivity index (χ0v) is 20.2. The maximum absolute atomic E-state index is 13.1. The molecule has 1 aromatic carbocycles. The first-order valence-corrected chi connectivity index (χ1v) is 12.8. The van der Waals surface area contributed by atoms with Crippen LogP contribution in [0.5, 0.6) is 5.75 Å². The van der Waals surface area contributed by atoms with Crippen molar-refractivity contribution < 1.29 is 14.3 Å². The molecule has 0 bridgehead atoms. The minimum atomic E-state index is -0.105. The number of benzene rings is 1. The molecule has 3 heterocycles. The number of likely N-dealkylation sites (tertiary alicyclic amines) is 1. The third-order valence-electron chi connectivity index (χ3n) is 7.32. The Morgan fingerprint density at radius 1 is 1.14 bits per heavy atom. The van der Waals surface area contributed by atoms with Gasteiger partial charge < -0.3 is 20.3 Å². The molecule has 1 aliphatic carbocycles. The van der Waals surface area contributed by atoms with Gasteiger partial charge in [0.05, 0.1) is 12.5 Å². The van der Waals surface area contributed by atoms with E-state index in [1.807, 2.05) is 24.5 Å². The van der Waals surface area contributed by atoms with Crippen LogP contribution in [-0.4, -0.2) is 72.6 Å². The van der Waals surface area contributed by atoms with Gasteiger partial charge in [-0.3, -0.25) is 14.7 Å². The van der Waals surface area contributed by atoms with E-state index in [0.717, 1.165) is 31.7 Å². The number of aryl methyl sites for hydroxylation is 2. The van der Waals surface area contributed by atoms with Crippen LogP contribution in [0.1, 0.15) is 29.5 Å². The first-order chi connectivity index (χ1) is 17.1. The van der Waals surface area contributed by atoms with Crippen molar-refractivity contribution in [2.24, 2.45) is 11.8 Å². The first kappa shape index (κ1) is 23.6. The summed E-state index contributed by atoms with van der Waals surface area (Å²) in [5.41, 5.74) is 4.05. The molecule has 2 fully saturated rings. The van der Waals surface area contributed by atoms with Crippen LogP contribution >= 0.6 is 0 Å². The van der Waals surface area contributed by atoms with Gasteiger partial charge in [0, 0.05) is 64.1 Å². The van der Waals surface area contributed by atoms with Crippen LogP contribution in [-0.2, 0) is 24.2 Å². The molecular formula is C27H35N5O3. The molecule has 2 N–H and O–H groups in total. The predicted molar refractivity (Wildman–Crippen MR) is 133 cm³/mol. The molecule has 0 spiro atoms. The standard InChI is InChI=1S/C27H35N5O3/c33-26(29-10-12-32-13-11-30-27(32)34)24-14-21(17-31(18-24)16-20-6-8-28-9-7-20)19-35-25-5-4-22-2-1-3-23(22)15-25/h4-9,15,21,24H,1-3,10-14,16-19H2,(H,29,33)(H,30,34)/t21-,24+/m0/s1. The Morgan fingerprint density at radius 2 is 2.00 bits per heavy atom. The van der Waals surface area contributed by atoms with E-state index < -0.39 is 0 Å². The van der Waals surface area contributed by atoms with Crippen molar-refractivity contribution in [3.63, 3.8) is 0 Å². The Balaban J connectivity index is 1.19. The average molecular weight is 478 g/mol. The molecule has 8 heteroatoms. The van der Waals surface area contributed by atoms with Crippen molar-refractivity contribution in [1.29, 1.82) is 0 Å². The molecule has 3 aliphatic rings. The molecule has 0 unspecified atom stereocenters. The number of piperidine rings is 1. The summed E-state index contributed by atoms with van der Waals surface area (Å²) in [6.07, 6.45) is 7.95. The number of nitrogens with one attached hydrogen (secondary N) is 2. The van der Waals surface area contributed by atoms with Crippen molar-refractivity contribution in [2.75, 3.05) is 45.9 Å². The number of ether oxygens (including phenoxy) is 1. The molecule has 2 aromatic rings. The lowest BCUT2D eigenvalue weighted by molar-refractivity contribution is -0.127. The Kier molecular flexibility index (Phi) is 7.47. The Labute approximate surface area is 207 Å². The van der Waals surface area contributed by atoms with Crippen LogP contribution in [0.3, 0.4) is 0 Å². The third kappa shape index (κ3) is 6.11. The number of nitrogens with zero attached hydrogens (tertiary/aromatic N) is 3. The molecule has 2 saturated heterocycles. The van der Waals surface area contributed by atoms with E-state index in [1.54, 1.807) is 4.90 Å². The van der Waals surface area contributed by atoms with Gasteiger partial charge in [-0.1, -0.05) is 6.07 Å². The Bertz CT molecular complexity index is 1030. The van der Waals surface area contributed by atoms with Gasteiger partial charge in [0.25, 0.3) is 0 Å². The van der Waals surface area contributed by atoms with Crippen molar-refractivity contribution in [2.45, 2.75) is 32.2 Å². The summed E-state index contributed by atoms with van der Waals surface area (Å²) in [4.78, 5) is 33.0. The fourth-order valence-corrected chi connectivity index (χ4v) is 5.52. The van der Waals surface area contributed by atoms with E-state index in [4.69, 9.17) is 4.74 Å². The molecule has 3 amide bonds. The summed E-state index contributed by atoms with van der Waals surface area (Å²) in [6, 6.07) is 10.5. The number of urea groups is 1. The molecule has 8 nitrogen and oxygen atoms in total. The number of carbonyl (C=O) groups is 2. The summed E-state index contributed by atoms with van der Waals surface area (Å²) in [6.45, 7) is 5.38. The lowest BCUT2D eigenvalue weighted by Crippen LogP contribution is -2.48. The summed E-state index contributed by atoms with van der Waals surface area (Å²) in [7, 11) is 0. The van der Waals surface area contributed by atoms with Crippen LogP contribution in [0.4, 0.5) is 4.79 Å². The Hall–Kier alpha value is -3.13. The molecule has 0 radical (unpaired) electrons. The van der Waals surface area contributed by atoms with Gasteiger partial charge in [-0.2, -0.15) is 0 Å². The second kappa shape index (κ2) is 11.1. The van der Waals surface area contributed by atoms with E-state index >= 15 is 0 Å². The third-order valence-corrected chi connectivity index (χ3v) is 7.32. The number of aromatic nitrogens is 1. The molecule has 5 rings (SSSR count). The summed E-state index contributed by atoms with van der Waals surface area (Å²) < 4.78 is 6.24. The SMILES string of the molecule is O=C(NCCN1CCNC1=O)[C@@H]1C[C@H](COc2ccc3c(c2)CCC3)CN(Cc2ccncc2)C1. The van der Waals surface area contributed by atoms with Gasteiger partial charge >= 0.3 is 6.03 Å².